The third kappa shape index (κ3) is 3.30. The molecule has 0 N–H and O–H groups in total. The van der Waals surface area contributed by atoms with Gasteiger partial charge < -0.3 is 14.7 Å². The molecule has 0 bridgehead atoms. The lowest BCUT2D eigenvalue weighted by atomic mass is 10.0. The van der Waals surface area contributed by atoms with Crippen LogP contribution in [0, 0.1) is 6.92 Å². The Balaban J connectivity index is 1.89. The summed E-state index contributed by atoms with van der Waals surface area (Å²) in [7, 11) is -0.0682. The maximum atomic E-state index is 12.8. The number of carbonyl (C=O) groups is 2. The zero-order valence-electron chi connectivity index (χ0n) is 14.4. The number of aryl methyl sites for hydroxylation is 1. The Morgan fingerprint density at radius 1 is 1.08 bits per heavy atom. The number of carbonyl (C=O) groups excluding carboxylic acids is 2. The van der Waals surface area contributed by atoms with E-state index in [-0.39, 0.29) is 35.7 Å². The molecular weight excluding hydrogens is 346 g/mol. The van der Waals surface area contributed by atoms with Crippen molar-refractivity contribution in [2.24, 2.45) is 0 Å². The van der Waals surface area contributed by atoms with E-state index in [9.17, 15) is 18.0 Å². The number of fused-ring (bicyclic) bond motifs is 1. The van der Waals surface area contributed by atoms with Gasteiger partial charge in [-0.2, -0.15) is 0 Å². The summed E-state index contributed by atoms with van der Waals surface area (Å²) in [6.45, 7) is 2.33. The van der Waals surface area contributed by atoms with E-state index in [0.29, 0.717) is 12.2 Å². The summed E-state index contributed by atoms with van der Waals surface area (Å²) < 4.78 is 24.3. The van der Waals surface area contributed by atoms with Crippen LogP contribution in [0.25, 0.3) is 0 Å². The first-order valence-corrected chi connectivity index (χ1v) is 9.80. The number of rotatable bonds is 1. The predicted molar refractivity (Wildman–Crippen MR) is 89.8 cm³/mol. The Kier molecular flexibility index (Phi) is 4.40. The van der Waals surface area contributed by atoms with E-state index in [4.69, 9.17) is 0 Å². The number of piperazine rings is 1. The largest absolute Gasteiger partial charge is 0.331 e. The maximum absolute atomic E-state index is 12.8. The van der Waals surface area contributed by atoms with Crippen molar-refractivity contribution in [3.8, 4) is 0 Å². The average molecular weight is 367 g/mol. The Labute approximate surface area is 146 Å². The fourth-order valence-corrected chi connectivity index (χ4v) is 5.33. The van der Waals surface area contributed by atoms with Gasteiger partial charge in [0.2, 0.25) is 0 Å². The standard InChI is InChI=1S/C15H21N5O4S/c1-10-6-17-11(7-16-10)14(21)19-4-5-20(15(22)18(2)3)13-9-25(23,24)8-12(13)19/h6-7,12-13H,4-5,8-9H2,1-3H3/t12-,13+/m0/s1. The predicted octanol–water partition coefficient (Wildman–Crippen LogP) is -0.610. The van der Waals surface area contributed by atoms with Gasteiger partial charge in [0.15, 0.2) is 9.84 Å². The molecular formula is C15H21N5O4S. The molecule has 2 aliphatic rings. The summed E-state index contributed by atoms with van der Waals surface area (Å²) >= 11 is 0. The lowest BCUT2D eigenvalue weighted by Gasteiger charge is -2.44. The van der Waals surface area contributed by atoms with Crippen molar-refractivity contribution in [3.05, 3.63) is 23.8 Å². The van der Waals surface area contributed by atoms with Crippen molar-refractivity contribution in [3.63, 3.8) is 0 Å². The fourth-order valence-electron chi connectivity index (χ4n) is 3.35. The Bertz CT molecular complexity index is 793. The molecule has 2 fully saturated rings. The van der Waals surface area contributed by atoms with Gasteiger partial charge in [-0.25, -0.2) is 18.2 Å². The lowest BCUT2D eigenvalue weighted by molar-refractivity contribution is 0.0388. The number of sulfone groups is 1. The molecule has 10 heteroatoms. The topological polar surface area (TPSA) is 104 Å². The highest BCUT2D eigenvalue weighted by molar-refractivity contribution is 7.91. The van der Waals surface area contributed by atoms with Crippen molar-refractivity contribution in [2.45, 2.75) is 19.0 Å². The summed E-state index contributed by atoms with van der Waals surface area (Å²) in [4.78, 5) is 37.8. The zero-order chi connectivity index (χ0) is 18.4. The van der Waals surface area contributed by atoms with Crippen LogP contribution in [0.2, 0.25) is 0 Å². The lowest BCUT2D eigenvalue weighted by Crippen LogP contribution is -2.63. The van der Waals surface area contributed by atoms with Crippen molar-refractivity contribution in [1.29, 1.82) is 0 Å². The fraction of sp³-hybridized carbons (Fsp3) is 0.600. The number of nitrogens with zero attached hydrogens (tertiary/aromatic N) is 5. The molecule has 0 aliphatic carbocycles. The van der Waals surface area contributed by atoms with Gasteiger partial charge >= 0.3 is 6.03 Å². The van der Waals surface area contributed by atoms with Crippen LogP contribution >= 0.6 is 0 Å². The number of aromatic nitrogens is 2. The molecule has 0 radical (unpaired) electrons. The molecule has 136 valence electrons. The molecule has 25 heavy (non-hydrogen) atoms. The van der Waals surface area contributed by atoms with E-state index in [2.05, 4.69) is 9.97 Å². The van der Waals surface area contributed by atoms with E-state index in [1.54, 1.807) is 25.9 Å². The van der Waals surface area contributed by atoms with Gasteiger partial charge in [0.1, 0.15) is 5.69 Å². The molecule has 3 amide bonds. The number of urea groups is 1. The van der Waals surface area contributed by atoms with E-state index in [1.165, 1.54) is 22.2 Å². The van der Waals surface area contributed by atoms with Crippen LogP contribution in [-0.2, 0) is 9.84 Å². The van der Waals surface area contributed by atoms with Crippen LogP contribution in [0.1, 0.15) is 16.2 Å². The molecule has 0 saturated carbocycles. The molecule has 9 nitrogen and oxygen atoms in total. The van der Waals surface area contributed by atoms with Crippen LogP contribution < -0.4 is 0 Å². The molecule has 1 aromatic heterocycles. The van der Waals surface area contributed by atoms with Crippen LogP contribution in [-0.4, -0.2) is 95.8 Å². The molecule has 0 aromatic carbocycles. The zero-order valence-corrected chi connectivity index (χ0v) is 15.2. The van der Waals surface area contributed by atoms with E-state index in [1.807, 2.05) is 0 Å². The van der Waals surface area contributed by atoms with Gasteiger partial charge in [-0.1, -0.05) is 0 Å². The second-order valence-electron chi connectivity index (χ2n) is 6.62. The van der Waals surface area contributed by atoms with Gasteiger partial charge in [-0.3, -0.25) is 9.78 Å². The van der Waals surface area contributed by atoms with Crippen LogP contribution in [0.15, 0.2) is 12.4 Å². The summed E-state index contributed by atoms with van der Waals surface area (Å²) in [5.74, 6) is -0.614. The third-order valence-electron chi connectivity index (χ3n) is 4.57. The SMILES string of the molecule is Cc1cnc(C(=O)N2CCN(C(=O)N(C)C)[C@@H]3CS(=O)(=O)C[C@@H]32)cn1. The van der Waals surface area contributed by atoms with Crippen LogP contribution in [0.5, 0.6) is 0 Å². The Hall–Kier alpha value is -2.23. The van der Waals surface area contributed by atoms with Crippen molar-refractivity contribution >= 4 is 21.8 Å². The number of hydrogen-bond acceptors (Lipinski definition) is 6. The third-order valence-corrected chi connectivity index (χ3v) is 6.26. The molecule has 2 aliphatic heterocycles. The minimum absolute atomic E-state index is 0.124. The van der Waals surface area contributed by atoms with E-state index in [0.717, 1.165) is 0 Å². The monoisotopic (exact) mass is 367 g/mol. The molecule has 2 atom stereocenters. The van der Waals surface area contributed by atoms with Gasteiger partial charge in [-0.15, -0.1) is 0 Å². The highest BCUT2D eigenvalue weighted by Crippen LogP contribution is 2.28. The summed E-state index contributed by atoms with van der Waals surface area (Å²) in [5, 5.41) is 0. The smallest absolute Gasteiger partial charge is 0.319 e. The molecule has 0 unspecified atom stereocenters. The minimum atomic E-state index is -3.32. The molecule has 0 spiro atoms. The number of hydrogen-bond donors (Lipinski definition) is 0. The molecule has 3 rings (SSSR count). The summed E-state index contributed by atoms with van der Waals surface area (Å²) in [6, 6.07) is -1.33. The van der Waals surface area contributed by atoms with Crippen LogP contribution in [0.3, 0.4) is 0 Å². The first-order chi connectivity index (χ1) is 11.7. The first-order valence-electron chi connectivity index (χ1n) is 7.97. The summed E-state index contributed by atoms with van der Waals surface area (Å²) in [6.07, 6.45) is 2.90. The molecule has 1 aromatic rings. The van der Waals surface area contributed by atoms with Crippen molar-refractivity contribution < 1.29 is 18.0 Å². The first kappa shape index (κ1) is 17.6. The highest BCUT2D eigenvalue weighted by Gasteiger charge is 2.50. The van der Waals surface area contributed by atoms with Gasteiger partial charge in [0.05, 0.1) is 35.5 Å². The minimum Gasteiger partial charge on any atom is -0.331 e. The average Bonchev–Trinajstić information content (AvgIpc) is 2.88. The van der Waals surface area contributed by atoms with E-state index >= 15 is 0 Å². The number of amides is 3. The second kappa shape index (κ2) is 6.25. The molecule has 3 heterocycles. The van der Waals surface area contributed by atoms with Crippen LogP contribution in [0.4, 0.5) is 4.79 Å². The quantitative estimate of drug-likeness (QED) is 0.656. The van der Waals surface area contributed by atoms with E-state index < -0.39 is 21.9 Å². The van der Waals surface area contributed by atoms with Gasteiger partial charge in [-0.05, 0) is 6.92 Å². The molecule has 2 saturated heterocycles. The van der Waals surface area contributed by atoms with Gasteiger partial charge in [0.25, 0.3) is 5.91 Å². The summed E-state index contributed by atoms with van der Waals surface area (Å²) in [5.41, 5.74) is 0.875. The highest BCUT2D eigenvalue weighted by atomic mass is 32.2. The second-order valence-corrected chi connectivity index (χ2v) is 8.78. The normalized spacial score (nSPS) is 24.8. The maximum Gasteiger partial charge on any atom is 0.319 e. The Morgan fingerprint density at radius 2 is 1.68 bits per heavy atom. The van der Waals surface area contributed by atoms with Gasteiger partial charge in [0, 0.05) is 33.4 Å². The van der Waals surface area contributed by atoms with Crippen molar-refractivity contribution in [1.82, 2.24) is 24.7 Å². The Morgan fingerprint density at radius 3 is 2.24 bits per heavy atom. The van der Waals surface area contributed by atoms with Crippen molar-refractivity contribution in [2.75, 3.05) is 38.7 Å².